The summed E-state index contributed by atoms with van der Waals surface area (Å²) in [7, 11) is 0. The first-order valence-corrected chi connectivity index (χ1v) is 4.76. The number of nitrogen functional groups attached to an aromatic ring is 1. The number of aromatic nitrogens is 3. The number of rotatable bonds is 1. The van der Waals surface area contributed by atoms with Crippen LogP contribution in [0.3, 0.4) is 0 Å². The van der Waals surface area contributed by atoms with Crippen molar-refractivity contribution in [3.8, 4) is 11.1 Å². The van der Waals surface area contributed by atoms with E-state index in [0.29, 0.717) is 5.88 Å². The van der Waals surface area contributed by atoms with Gasteiger partial charge < -0.3 is 10.3 Å². The Morgan fingerprint density at radius 1 is 1.00 bits per heavy atom. The topological polar surface area (TPSA) is 77.8 Å². The van der Waals surface area contributed by atoms with Crippen molar-refractivity contribution in [1.82, 2.24) is 15.4 Å². The zero-order chi connectivity index (χ0) is 11.0. The fraction of sp³-hybridized carbons (Fsp3) is 0. The minimum atomic E-state index is 0.310. The summed E-state index contributed by atoms with van der Waals surface area (Å²) in [5, 5.41) is 13.4. The zero-order valence-corrected chi connectivity index (χ0v) is 8.29. The van der Waals surface area contributed by atoms with Crippen molar-refractivity contribution in [3.63, 3.8) is 0 Å². The Kier molecular flexibility index (Phi) is 1.83. The van der Waals surface area contributed by atoms with Gasteiger partial charge in [-0.1, -0.05) is 23.4 Å². The molecule has 2 heterocycles. The summed E-state index contributed by atoms with van der Waals surface area (Å²) in [6, 6.07) is 5.86. The van der Waals surface area contributed by atoms with Crippen LogP contribution in [0, 0.1) is 0 Å². The van der Waals surface area contributed by atoms with Crippen LogP contribution in [0.5, 0.6) is 0 Å². The number of nitrogens with zero attached hydrogens (tertiary/aromatic N) is 3. The van der Waals surface area contributed by atoms with E-state index in [4.69, 9.17) is 10.3 Å². The third kappa shape index (κ3) is 1.22. The molecule has 5 heteroatoms. The molecular formula is C11H8N4O. The van der Waals surface area contributed by atoms with E-state index in [1.54, 1.807) is 18.6 Å². The SMILES string of the molecule is Nc1oncc1-c1cccc2cnncc12. The van der Waals surface area contributed by atoms with E-state index in [9.17, 15) is 0 Å². The van der Waals surface area contributed by atoms with Crippen LogP contribution < -0.4 is 5.73 Å². The van der Waals surface area contributed by atoms with E-state index in [0.717, 1.165) is 21.9 Å². The molecule has 0 radical (unpaired) electrons. The van der Waals surface area contributed by atoms with Crippen molar-refractivity contribution < 1.29 is 4.52 Å². The average Bonchev–Trinajstić information content (AvgIpc) is 2.75. The van der Waals surface area contributed by atoms with Gasteiger partial charge in [-0.25, -0.2) is 0 Å². The van der Waals surface area contributed by atoms with Gasteiger partial charge in [0.25, 0.3) is 0 Å². The summed E-state index contributed by atoms with van der Waals surface area (Å²) >= 11 is 0. The van der Waals surface area contributed by atoms with Crippen LogP contribution in [0.25, 0.3) is 21.9 Å². The Morgan fingerprint density at radius 3 is 2.69 bits per heavy atom. The number of anilines is 1. The Balaban J connectivity index is 2.36. The van der Waals surface area contributed by atoms with E-state index in [1.807, 2.05) is 18.2 Å². The molecule has 0 fully saturated rings. The second kappa shape index (κ2) is 3.30. The molecule has 2 N–H and O–H groups in total. The van der Waals surface area contributed by atoms with Crippen molar-refractivity contribution in [3.05, 3.63) is 36.8 Å². The molecule has 0 unspecified atom stereocenters. The molecule has 5 nitrogen and oxygen atoms in total. The second-order valence-electron chi connectivity index (χ2n) is 3.40. The zero-order valence-electron chi connectivity index (χ0n) is 8.29. The molecule has 3 rings (SSSR count). The molecular weight excluding hydrogens is 204 g/mol. The van der Waals surface area contributed by atoms with Crippen LogP contribution in [-0.4, -0.2) is 15.4 Å². The predicted molar refractivity (Wildman–Crippen MR) is 59.4 cm³/mol. The van der Waals surface area contributed by atoms with Crippen molar-refractivity contribution in [2.45, 2.75) is 0 Å². The Bertz CT molecular complexity index is 642. The highest BCUT2D eigenvalue weighted by molar-refractivity contribution is 5.97. The third-order valence-corrected chi connectivity index (χ3v) is 2.48. The van der Waals surface area contributed by atoms with Gasteiger partial charge >= 0.3 is 0 Å². The highest BCUT2D eigenvalue weighted by Gasteiger charge is 2.10. The number of fused-ring (bicyclic) bond motifs is 1. The number of hydrogen-bond acceptors (Lipinski definition) is 5. The fourth-order valence-corrected chi connectivity index (χ4v) is 1.71. The molecule has 0 amide bonds. The van der Waals surface area contributed by atoms with Gasteiger partial charge in [0.1, 0.15) is 0 Å². The summed E-state index contributed by atoms with van der Waals surface area (Å²) in [5.41, 5.74) is 7.43. The van der Waals surface area contributed by atoms with E-state index in [-0.39, 0.29) is 0 Å². The maximum Gasteiger partial charge on any atom is 0.229 e. The van der Waals surface area contributed by atoms with Gasteiger partial charge in [-0.3, -0.25) is 0 Å². The van der Waals surface area contributed by atoms with Gasteiger partial charge in [-0.2, -0.15) is 10.2 Å². The number of hydrogen-bond donors (Lipinski definition) is 1. The molecule has 16 heavy (non-hydrogen) atoms. The fourth-order valence-electron chi connectivity index (χ4n) is 1.71. The monoisotopic (exact) mass is 212 g/mol. The van der Waals surface area contributed by atoms with E-state index in [2.05, 4.69) is 15.4 Å². The Labute approximate surface area is 90.9 Å². The van der Waals surface area contributed by atoms with Crippen LogP contribution >= 0.6 is 0 Å². The maximum absolute atomic E-state index is 5.70. The lowest BCUT2D eigenvalue weighted by molar-refractivity contribution is 0.436. The van der Waals surface area contributed by atoms with Gasteiger partial charge in [-0.15, -0.1) is 0 Å². The van der Waals surface area contributed by atoms with Gasteiger partial charge in [0.15, 0.2) is 0 Å². The molecule has 0 bridgehead atoms. The molecule has 1 aromatic carbocycles. The first-order chi connectivity index (χ1) is 7.86. The van der Waals surface area contributed by atoms with Crippen molar-refractivity contribution in [1.29, 1.82) is 0 Å². The lowest BCUT2D eigenvalue weighted by Gasteiger charge is -2.02. The molecule has 78 valence electrons. The summed E-state index contributed by atoms with van der Waals surface area (Å²) in [6.45, 7) is 0. The minimum absolute atomic E-state index is 0.310. The van der Waals surface area contributed by atoms with Gasteiger partial charge in [0.2, 0.25) is 5.88 Å². The van der Waals surface area contributed by atoms with Crippen LogP contribution in [0.15, 0.2) is 41.3 Å². The molecule has 0 aliphatic carbocycles. The van der Waals surface area contributed by atoms with E-state index < -0.39 is 0 Å². The maximum atomic E-state index is 5.70. The van der Waals surface area contributed by atoms with Crippen LogP contribution in [0.2, 0.25) is 0 Å². The molecule has 0 saturated heterocycles. The third-order valence-electron chi connectivity index (χ3n) is 2.48. The molecule has 3 aromatic rings. The molecule has 0 aliphatic heterocycles. The standard InChI is InChI=1S/C11H8N4O/c12-11-10(6-15-16-11)8-3-1-2-7-4-13-14-5-9(7)8/h1-6H,12H2. The quantitative estimate of drug-likeness (QED) is 0.666. The largest absolute Gasteiger partial charge is 0.367 e. The number of benzene rings is 1. The Morgan fingerprint density at radius 2 is 1.88 bits per heavy atom. The van der Waals surface area contributed by atoms with Crippen molar-refractivity contribution in [2.24, 2.45) is 0 Å². The molecule has 0 saturated carbocycles. The van der Waals surface area contributed by atoms with Gasteiger partial charge in [0.05, 0.1) is 24.2 Å². The predicted octanol–water partition coefficient (Wildman–Crippen LogP) is 1.87. The lowest BCUT2D eigenvalue weighted by Crippen LogP contribution is -1.87. The first-order valence-electron chi connectivity index (χ1n) is 4.76. The number of nitrogens with two attached hydrogens (primary N) is 1. The highest BCUT2D eigenvalue weighted by atomic mass is 16.5. The van der Waals surface area contributed by atoms with Crippen molar-refractivity contribution in [2.75, 3.05) is 5.73 Å². The highest BCUT2D eigenvalue weighted by Crippen LogP contribution is 2.31. The summed E-state index contributed by atoms with van der Waals surface area (Å²) in [5.74, 6) is 0.310. The van der Waals surface area contributed by atoms with Crippen molar-refractivity contribution >= 4 is 16.7 Å². The summed E-state index contributed by atoms with van der Waals surface area (Å²) < 4.78 is 4.86. The lowest BCUT2D eigenvalue weighted by atomic mass is 10.0. The van der Waals surface area contributed by atoms with Crippen LogP contribution in [0.1, 0.15) is 0 Å². The van der Waals surface area contributed by atoms with Crippen LogP contribution in [-0.2, 0) is 0 Å². The molecule has 0 atom stereocenters. The summed E-state index contributed by atoms with van der Waals surface area (Å²) in [4.78, 5) is 0. The van der Waals surface area contributed by atoms with E-state index in [1.165, 1.54) is 0 Å². The molecule has 2 aromatic heterocycles. The Hall–Kier alpha value is -2.43. The van der Waals surface area contributed by atoms with Gasteiger partial charge in [0, 0.05) is 10.8 Å². The second-order valence-corrected chi connectivity index (χ2v) is 3.40. The summed E-state index contributed by atoms with van der Waals surface area (Å²) in [6.07, 6.45) is 5.02. The average molecular weight is 212 g/mol. The van der Waals surface area contributed by atoms with Crippen LogP contribution in [0.4, 0.5) is 5.88 Å². The van der Waals surface area contributed by atoms with E-state index >= 15 is 0 Å². The first kappa shape index (κ1) is 8.84. The molecule has 0 aliphatic rings. The molecule has 0 spiro atoms. The smallest absolute Gasteiger partial charge is 0.229 e. The van der Waals surface area contributed by atoms with Gasteiger partial charge in [-0.05, 0) is 5.56 Å². The minimum Gasteiger partial charge on any atom is -0.367 e. The normalized spacial score (nSPS) is 10.8.